The van der Waals surface area contributed by atoms with Crippen LogP contribution in [0, 0.1) is 0 Å². The van der Waals surface area contributed by atoms with E-state index in [9.17, 15) is 18.0 Å². The Morgan fingerprint density at radius 3 is 2.71 bits per heavy atom. The molecule has 112 valence electrons. The van der Waals surface area contributed by atoms with Gasteiger partial charge in [0.1, 0.15) is 0 Å². The molecule has 0 aliphatic rings. The van der Waals surface area contributed by atoms with Crippen LogP contribution in [0.15, 0.2) is 41.1 Å². The molecule has 1 aromatic heterocycles. The molecule has 0 saturated heterocycles. The van der Waals surface area contributed by atoms with Gasteiger partial charge in [-0.1, -0.05) is 6.07 Å². The van der Waals surface area contributed by atoms with Gasteiger partial charge in [0, 0.05) is 12.2 Å². The number of nitrogens with one attached hydrogen (secondary N) is 2. The first-order chi connectivity index (χ1) is 9.95. The highest BCUT2D eigenvalue weighted by Gasteiger charge is 2.30. The molecular weight excluding hydrogens is 301 g/mol. The zero-order chi connectivity index (χ0) is 15.3. The van der Waals surface area contributed by atoms with E-state index < -0.39 is 17.8 Å². The quantitative estimate of drug-likeness (QED) is 0.875. The highest BCUT2D eigenvalue weighted by molar-refractivity contribution is 7.07. The van der Waals surface area contributed by atoms with Crippen molar-refractivity contribution in [1.29, 1.82) is 0 Å². The van der Waals surface area contributed by atoms with Crippen molar-refractivity contribution in [3.63, 3.8) is 0 Å². The van der Waals surface area contributed by atoms with Crippen LogP contribution >= 0.6 is 11.3 Å². The molecule has 7 heteroatoms. The molecule has 0 fully saturated rings. The van der Waals surface area contributed by atoms with Crippen LogP contribution in [-0.4, -0.2) is 12.6 Å². The first-order valence-electron chi connectivity index (χ1n) is 6.18. The van der Waals surface area contributed by atoms with Crippen LogP contribution < -0.4 is 10.6 Å². The second-order valence-corrected chi connectivity index (χ2v) is 5.12. The first kappa shape index (κ1) is 15.4. The summed E-state index contributed by atoms with van der Waals surface area (Å²) in [6, 6.07) is 5.96. The Kier molecular flexibility index (Phi) is 4.85. The fraction of sp³-hybridized carbons (Fsp3) is 0.214. The van der Waals surface area contributed by atoms with Gasteiger partial charge in [-0.15, -0.1) is 0 Å². The van der Waals surface area contributed by atoms with Gasteiger partial charge < -0.3 is 10.6 Å². The maximum atomic E-state index is 12.5. The number of halogens is 3. The van der Waals surface area contributed by atoms with Crippen LogP contribution in [0.5, 0.6) is 0 Å². The predicted molar refractivity (Wildman–Crippen MR) is 76.5 cm³/mol. The molecule has 2 rings (SSSR count). The predicted octanol–water partition coefficient (Wildman–Crippen LogP) is 4.13. The maximum Gasteiger partial charge on any atom is 0.416 e. The molecule has 0 atom stereocenters. The largest absolute Gasteiger partial charge is 0.416 e. The number of alkyl halides is 3. The fourth-order valence-electron chi connectivity index (χ4n) is 1.70. The molecule has 1 heterocycles. The highest BCUT2D eigenvalue weighted by atomic mass is 32.1. The molecular formula is C14H13F3N2OS. The second-order valence-electron chi connectivity index (χ2n) is 4.34. The summed E-state index contributed by atoms with van der Waals surface area (Å²) in [5.41, 5.74) is 0.427. The number of carbonyl (C=O) groups is 1. The molecule has 2 aromatic rings. The van der Waals surface area contributed by atoms with Gasteiger partial charge in [0.15, 0.2) is 0 Å². The molecule has 0 unspecified atom stereocenters. The molecule has 0 radical (unpaired) electrons. The van der Waals surface area contributed by atoms with Crippen LogP contribution in [0.4, 0.5) is 23.7 Å². The smallest absolute Gasteiger partial charge is 0.338 e. The van der Waals surface area contributed by atoms with E-state index in [1.165, 1.54) is 12.1 Å². The average Bonchev–Trinajstić information content (AvgIpc) is 2.91. The molecule has 21 heavy (non-hydrogen) atoms. The molecule has 3 nitrogen and oxygen atoms in total. The van der Waals surface area contributed by atoms with Crippen LogP contribution in [0.2, 0.25) is 0 Å². The molecule has 2 amide bonds. The number of benzene rings is 1. The fourth-order valence-corrected chi connectivity index (χ4v) is 2.41. The van der Waals surface area contributed by atoms with Gasteiger partial charge in [0.2, 0.25) is 0 Å². The van der Waals surface area contributed by atoms with E-state index in [2.05, 4.69) is 10.6 Å². The molecule has 0 aliphatic carbocycles. The third-order valence-electron chi connectivity index (χ3n) is 2.73. The number of thiophene rings is 1. The monoisotopic (exact) mass is 314 g/mol. The van der Waals surface area contributed by atoms with Crippen molar-refractivity contribution in [2.24, 2.45) is 0 Å². The van der Waals surface area contributed by atoms with Crippen LogP contribution in [-0.2, 0) is 12.6 Å². The van der Waals surface area contributed by atoms with Gasteiger partial charge in [-0.2, -0.15) is 24.5 Å². The summed E-state index contributed by atoms with van der Waals surface area (Å²) < 4.78 is 37.6. The Balaban J connectivity index is 1.85. The van der Waals surface area contributed by atoms with Crippen molar-refractivity contribution in [3.05, 3.63) is 52.2 Å². The zero-order valence-corrected chi connectivity index (χ0v) is 11.7. The maximum absolute atomic E-state index is 12.5. The molecule has 2 N–H and O–H groups in total. The lowest BCUT2D eigenvalue weighted by Crippen LogP contribution is -2.30. The third-order valence-corrected chi connectivity index (χ3v) is 3.46. The Hall–Kier alpha value is -2.02. The summed E-state index contributed by atoms with van der Waals surface area (Å²) in [4.78, 5) is 11.6. The van der Waals surface area contributed by atoms with E-state index in [1.54, 1.807) is 11.3 Å². The summed E-state index contributed by atoms with van der Waals surface area (Å²) in [6.07, 6.45) is -3.74. The van der Waals surface area contributed by atoms with Gasteiger partial charge in [-0.05, 0) is 47.0 Å². The van der Waals surface area contributed by atoms with E-state index in [4.69, 9.17) is 0 Å². The summed E-state index contributed by atoms with van der Waals surface area (Å²) in [6.45, 7) is 0.418. The van der Waals surface area contributed by atoms with Gasteiger partial charge in [-0.3, -0.25) is 0 Å². The zero-order valence-electron chi connectivity index (χ0n) is 10.9. The molecule has 0 bridgehead atoms. The van der Waals surface area contributed by atoms with E-state index in [-0.39, 0.29) is 5.69 Å². The van der Waals surface area contributed by atoms with Crippen molar-refractivity contribution in [2.75, 3.05) is 11.9 Å². The van der Waals surface area contributed by atoms with E-state index >= 15 is 0 Å². The highest BCUT2D eigenvalue weighted by Crippen LogP contribution is 2.30. The summed E-state index contributed by atoms with van der Waals surface area (Å²) in [5.74, 6) is 0. The van der Waals surface area contributed by atoms with E-state index in [0.29, 0.717) is 13.0 Å². The minimum Gasteiger partial charge on any atom is -0.338 e. The first-order valence-corrected chi connectivity index (χ1v) is 7.12. The summed E-state index contributed by atoms with van der Waals surface area (Å²) in [5, 5.41) is 8.91. The number of hydrogen-bond acceptors (Lipinski definition) is 2. The van der Waals surface area contributed by atoms with Gasteiger partial charge >= 0.3 is 12.2 Å². The minimum atomic E-state index is -4.42. The van der Waals surface area contributed by atoms with Crippen molar-refractivity contribution in [2.45, 2.75) is 12.6 Å². The standard InChI is InChI=1S/C14H13F3N2OS/c15-14(16,17)11-2-1-3-12(8-11)19-13(20)18-6-4-10-5-7-21-9-10/h1-3,5,7-9H,4,6H2,(H2,18,19,20). The lowest BCUT2D eigenvalue weighted by molar-refractivity contribution is -0.137. The number of amides is 2. The van der Waals surface area contributed by atoms with Gasteiger partial charge in [0.25, 0.3) is 0 Å². The SMILES string of the molecule is O=C(NCCc1ccsc1)Nc1cccc(C(F)(F)F)c1. The van der Waals surface area contributed by atoms with E-state index in [0.717, 1.165) is 17.7 Å². The lowest BCUT2D eigenvalue weighted by atomic mass is 10.2. The van der Waals surface area contributed by atoms with Crippen molar-refractivity contribution >= 4 is 23.1 Å². The topological polar surface area (TPSA) is 41.1 Å². The number of urea groups is 1. The number of anilines is 1. The molecule has 0 spiro atoms. The average molecular weight is 314 g/mol. The Labute approximate surface area is 123 Å². The number of rotatable bonds is 4. The van der Waals surface area contributed by atoms with Crippen molar-refractivity contribution in [1.82, 2.24) is 5.32 Å². The van der Waals surface area contributed by atoms with Gasteiger partial charge in [0.05, 0.1) is 5.56 Å². The Morgan fingerprint density at radius 2 is 2.05 bits per heavy atom. The third kappa shape index (κ3) is 4.78. The lowest BCUT2D eigenvalue weighted by Gasteiger charge is -2.10. The molecule has 0 saturated carbocycles. The van der Waals surface area contributed by atoms with Crippen LogP contribution in [0.1, 0.15) is 11.1 Å². The summed E-state index contributed by atoms with van der Waals surface area (Å²) >= 11 is 1.57. The van der Waals surface area contributed by atoms with Crippen molar-refractivity contribution < 1.29 is 18.0 Å². The van der Waals surface area contributed by atoms with Gasteiger partial charge in [-0.25, -0.2) is 4.79 Å². The van der Waals surface area contributed by atoms with Crippen LogP contribution in [0.25, 0.3) is 0 Å². The number of hydrogen-bond donors (Lipinski definition) is 2. The van der Waals surface area contributed by atoms with E-state index in [1.807, 2.05) is 16.8 Å². The Bertz CT molecular complexity index is 597. The normalized spacial score (nSPS) is 11.2. The van der Waals surface area contributed by atoms with Crippen molar-refractivity contribution in [3.8, 4) is 0 Å². The number of carbonyl (C=O) groups excluding carboxylic acids is 1. The molecule has 0 aliphatic heterocycles. The minimum absolute atomic E-state index is 0.109. The second kappa shape index (κ2) is 6.62. The molecule has 1 aromatic carbocycles. The summed E-state index contributed by atoms with van der Waals surface area (Å²) in [7, 11) is 0. The Morgan fingerprint density at radius 1 is 1.24 bits per heavy atom. The van der Waals surface area contributed by atoms with Crippen LogP contribution in [0.3, 0.4) is 0 Å².